The van der Waals surface area contributed by atoms with Gasteiger partial charge in [0.2, 0.25) is 0 Å². The van der Waals surface area contributed by atoms with Crippen molar-refractivity contribution >= 4 is 21.7 Å². The third-order valence-corrected chi connectivity index (χ3v) is 3.20. The van der Waals surface area contributed by atoms with Gasteiger partial charge in [0.15, 0.2) is 5.78 Å². The molecule has 0 saturated carbocycles. The monoisotopic (exact) mass is 202 g/mol. The second-order valence-corrected chi connectivity index (χ2v) is 3.65. The first-order valence-corrected chi connectivity index (χ1v) is 4.56. The highest BCUT2D eigenvalue weighted by Crippen LogP contribution is 2.30. The molecule has 0 fully saturated rings. The lowest BCUT2D eigenvalue weighted by Gasteiger charge is -2.25. The summed E-state index contributed by atoms with van der Waals surface area (Å²) in [4.78, 5) is 10.8. The van der Waals surface area contributed by atoms with Crippen LogP contribution in [0.1, 0.15) is 19.8 Å². The minimum atomic E-state index is 0.216. The fourth-order valence-electron chi connectivity index (χ4n) is 0.981. The summed E-state index contributed by atoms with van der Waals surface area (Å²) < 4.78 is 0. The first-order valence-electron chi connectivity index (χ1n) is 3.44. The minimum Gasteiger partial charge on any atom is -0.295 e. The Morgan fingerprint density at radius 2 is 2.50 bits per heavy atom. The molecule has 0 bridgehead atoms. The molecule has 1 unspecified atom stereocenters. The number of carbonyl (C=O) groups is 1. The summed E-state index contributed by atoms with van der Waals surface area (Å²) in [6, 6.07) is 0. The zero-order chi connectivity index (χ0) is 7.61. The molecule has 0 aromatic rings. The van der Waals surface area contributed by atoms with Crippen LogP contribution in [0.3, 0.4) is 0 Å². The highest BCUT2D eigenvalue weighted by atomic mass is 79.9. The molecule has 0 aromatic heterocycles. The normalized spacial score (nSPS) is 32.8. The summed E-state index contributed by atoms with van der Waals surface area (Å²) in [5, 5.41) is 0.948. The van der Waals surface area contributed by atoms with Crippen LogP contribution in [0.15, 0.2) is 12.2 Å². The van der Waals surface area contributed by atoms with E-state index < -0.39 is 0 Å². The van der Waals surface area contributed by atoms with Gasteiger partial charge in [-0.25, -0.2) is 0 Å². The van der Waals surface area contributed by atoms with E-state index in [-0.39, 0.29) is 11.2 Å². The molecule has 1 aliphatic carbocycles. The Kier molecular flexibility index (Phi) is 2.29. The van der Waals surface area contributed by atoms with Crippen LogP contribution in [-0.2, 0) is 4.79 Å². The number of carbonyl (C=O) groups excluding carboxylic acids is 1. The molecule has 1 nitrogen and oxygen atoms in total. The molecule has 0 radical (unpaired) electrons. The molecule has 0 N–H and O–H groups in total. The summed E-state index contributed by atoms with van der Waals surface area (Å²) in [6.07, 6.45) is 5.39. The van der Waals surface area contributed by atoms with Crippen molar-refractivity contribution in [1.29, 1.82) is 0 Å². The van der Waals surface area contributed by atoms with Gasteiger partial charge < -0.3 is 0 Å². The number of hydrogen-bond donors (Lipinski definition) is 0. The minimum absolute atomic E-state index is 0.216. The van der Waals surface area contributed by atoms with E-state index in [2.05, 4.69) is 22.9 Å². The van der Waals surface area contributed by atoms with E-state index in [9.17, 15) is 4.79 Å². The lowest BCUT2D eigenvalue weighted by atomic mass is 9.83. The Morgan fingerprint density at radius 3 is 2.90 bits per heavy atom. The van der Waals surface area contributed by atoms with E-state index in [1.807, 2.05) is 6.08 Å². The van der Waals surface area contributed by atoms with Gasteiger partial charge in [-0.05, 0) is 17.9 Å². The maximum absolute atomic E-state index is 10.8. The van der Waals surface area contributed by atoms with Crippen molar-refractivity contribution in [1.82, 2.24) is 0 Å². The van der Waals surface area contributed by atoms with Crippen LogP contribution in [0.5, 0.6) is 0 Å². The van der Waals surface area contributed by atoms with E-state index in [1.54, 1.807) is 6.08 Å². The molecule has 1 rings (SSSR count). The molecule has 0 amide bonds. The van der Waals surface area contributed by atoms with Gasteiger partial charge in [0, 0.05) is 11.8 Å². The summed E-state index contributed by atoms with van der Waals surface area (Å²) in [5.41, 5.74) is 0.216. The number of ketones is 1. The van der Waals surface area contributed by atoms with Crippen molar-refractivity contribution in [2.45, 2.75) is 19.8 Å². The molecule has 0 heterocycles. The van der Waals surface area contributed by atoms with Crippen LogP contribution in [-0.4, -0.2) is 11.1 Å². The van der Waals surface area contributed by atoms with Crippen LogP contribution in [0.4, 0.5) is 0 Å². The van der Waals surface area contributed by atoms with E-state index in [0.717, 1.165) is 11.8 Å². The summed E-state index contributed by atoms with van der Waals surface area (Å²) >= 11 is 3.42. The highest BCUT2D eigenvalue weighted by Gasteiger charge is 2.23. The fraction of sp³-hybridized carbons (Fsp3) is 0.625. The van der Waals surface area contributed by atoms with Gasteiger partial charge in [-0.2, -0.15) is 0 Å². The Morgan fingerprint density at radius 1 is 1.80 bits per heavy atom. The molecule has 56 valence electrons. The zero-order valence-corrected chi connectivity index (χ0v) is 7.65. The van der Waals surface area contributed by atoms with Gasteiger partial charge in [0.05, 0.1) is 0 Å². The molecular weight excluding hydrogens is 192 g/mol. The van der Waals surface area contributed by atoms with Crippen molar-refractivity contribution in [3.8, 4) is 0 Å². The molecule has 0 aliphatic heterocycles. The molecule has 1 aliphatic rings. The van der Waals surface area contributed by atoms with E-state index >= 15 is 0 Å². The quantitative estimate of drug-likeness (QED) is 0.597. The zero-order valence-electron chi connectivity index (χ0n) is 6.06. The first kappa shape index (κ1) is 7.99. The third-order valence-electron chi connectivity index (χ3n) is 1.92. The fourth-order valence-corrected chi connectivity index (χ4v) is 1.45. The molecule has 0 spiro atoms. The van der Waals surface area contributed by atoms with Crippen LogP contribution < -0.4 is 0 Å². The predicted octanol–water partition coefficient (Wildman–Crippen LogP) is 2.31. The van der Waals surface area contributed by atoms with Gasteiger partial charge in [-0.1, -0.05) is 28.9 Å². The van der Waals surface area contributed by atoms with Crippen molar-refractivity contribution in [3.05, 3.63) is 12.2 Å². The van der Waals surface area contributed by atoms with Crippen LogP contribution in [0, 0.1) is 5.41 Å². The number of allylic oxidation sites excluding steroid dienone is 2. The van der Waals surface area contributed by atoms with Crippen molar-refractivity contribution < 1.29 is 4.79 Å². The molecule has 0 saturated heterocycles. The maximum atomic E-state index is 10.8. The number of rotatable bonds is 1. The molecule has 0 aromatic carbocycles. The van der Waals surface area contributed by atoms with Crippen molar-refractivity contribution in [2.24, 2.45) is 5.41 Å². The standard InChI is InChI=1S/C8H11BrO/c1-8(6-9)4-2-7(10)3-5-8/h2,4H,3,5-6H2,1H3. The second-order valence-electron chi connectivity index (χ2n) is 3.09. The van der Waals surface area contributed by atoms with Crippen molar-refractivity contribution in [3.63, 3.8) is 0 Å². The third kappa shape index (κ3) is 1.69. The Balaban J connectivity index is 2.68. The summed E-state index contributed by atoms with van der Waals surface area (Å²) in [5.74, 6) is 0.262. The predicted molar refractivity (Wildman–Crippen MR) is 45.3 cm³/mol. The lowest BCUT2D eigenvalue weighted by Crippen LogP contribution is -2.20. The molecule has 2 heteroatoms. The van der Waals surface area contributed by atoms with Crippen LogP contribution in [0.2, 0.25) is 0 Å². The largest absolute Gasteiger partial charge is 0.295 e. The number of alkyl halides is 1. The van der Waals surface area contributed by atoms with E-state index in [0.29, 0.717) is 6.42 Å². The SMILES string of the molecule is CC1(CBr)C=CC(=O)CC1. The smallest absolute Gasteiger partial charge is 0.155 e. The van der Waals surface area contributed by atoms with Crippen molar-refractivity contribution in [2.75, 3.05) is 5.33 Å². The molecule has 1 atom stereocenters. The average Bonchev–Trinajstić information content (AvgIpc) is 1.96. The topological polar surface area (TPSA) is 17.1 Å². The highest BCUT2D eigenvalue weighted by molar-refractivity contribution is 9.09. The number of hydrogen-bond acceptors (Lipinski definition) is 1. The van der Waals surface area contributed by atoms with Gasteiger partial charge in [0.1, 0.15) is 0 Å². The second kappa shape index (κ2) is 2.87. The Hall–Kier alpha value is -0.110. The average molecular weight is 203 g/mol. The van der Waals surface area contributed by atoms with Gasteiger partial charge >= 0.3 is 0 Å². The Bertz CT molecular complexity index is 174. The number of halogens is 1. The summed E-state index contributed by atoms with van der Waals surface area (Å²) in [7, 11) is 0. The van der Waals surface area contributed by atoms with Gasteiger partial charge in [-0.15, -0.1) is 0 Å². The first-order chi connectivity index (χ1) is 4.66. The lowest BCUT2D eigenvalue weighted by molar-refractivity contribution is -0.115. The van der Waals surface area contributed by atoms with Gasteiger partial charge in [-0.3, -0.25) is 4.79 Å². The Labute approximate surface area is 69.6 Å². The maximum Gasteiger partial charge on any atom is 0.155 e. The van der Waals surface area contributed by atoms with Crippen LogP contribution in [0.25, 0.3) is 0 Å². The van der Waals surface area contributed by atoms with E-state index in [4.69, 9.17) is 0 Å². The molecule has 10 heavy (non-hydrogen) atoms. The van der Waals surface area contributed by atoms with E-state index in [1.165, 1.54) is 0 Å². The summed E-state index contributed by atoms with van der Waals surface area (Å²) in [6.45, 7) is 2.16. The van der Waals surface area contributed by atoms with Crippen LogP contribution >= 0.6 is 15.9 Å². The molecular formula is C8H11BrO. The van der Waals surface area contributed by atoms with Gasteiger partial charge in [0.25, 0.3) is 0 Å².